The lowest BCUT2D eigenvalue weighted by Crippen LogP contribution is -2.33. The van der Waals surface area contributed by atoms with Crippen molar-refractivity contribution in [3.63, 3.8) is 0 Å². The Morgan fingerprint density at radius 1 is 1.16 bits per heavy atom. The van der Waals surface area contributed by atoms with E-state index in [1.165, 1.54) is 24.1 Å². The van der Waals surface area contributed by atoms with Crippen molar-refractivity contribution < 1.29 is 14.6 Å². The van der Waals surface area contributed by atoms with Gasteiger partial charge < -0.3 is 9.84 Å². The van der Waals surface area contributed by atoms with Crippen molar-refractivity contribution in [1.82, 2.24) is 14.6 Å². The van der Waals surface area contributed by atoms with Crippen LogP contribution in [0.15, 0.2) is 63.2 Å². The number of nitrogens with one attached hydrogen (secondary N) is 1. The number of nitrogens with zero attached hydrogens (tertiary/aromatic N) is 3. The first kappa shape index (κ1) is 21.4. The minimum Gasteiger partial charge on any atom is -0.497 e. The topological polar surface area (TPSA) is 117 Å². The fraction of sp³-hybridized carbons (Fsp3) is 0.182. The number of carbonyl (C=O) groups excluding carboxylic acids is 1. The number of ether oxygens (including phenoxy) is 1. The Morgan fingerprint density at radius 2 is 1.81 bits per heavy atom. The molecule has 0 aliphatic carbocycles. The van der Waals surface area contributed by atoms with Crippen molar-refractivity contribution in [1.29, 1.82) is 0 Å². The van der Waals surface area contributed by atoms with Crippen LogP contribution in [0.2, 0.25) is 5.02 Å². The fourth-order valence-electron chi connectivity index (χ4n) is 3.65. The highest BCUT2D eigenvalue weighted by molar-refractivity contribution is 6.30. The van der Waals surface area contributed by atoms with Crippen LogP contribution in [0, 0.1) is 0 Å². The molecule has 0 saturated heterocycles. The summed E-state index contributed by atoms with van der Waals surface area (Å²) < 4.78 is 6.13. The van der Waals surface area contributed by atoms with Gasteiger partial charge in [0.05, 0.1) is 24.6 Å². The van der Waals surface area contributed by atoms with Crippen LogP contribution < -0.4 is 16.0 Å². The Balaban J connectivity index is 1.80. The maximum absolute atomic E-state index is 12.6. The van der Waals surface area contributed by atoms with Gasteiger partial charge in [-0.05, 0) is 42.0 Å². The summed E-state index contributed by atoms with van der Waals surface area (Å²) in [5, 5.41) is 16.9. The number of hydrogen-bond donors (Lipinski definition) is 2. The van der Waals surface area contributed by atoms with E-state index in [2.05, 4.69) is 10.1 Å². The highest BCUT2D eigenvalue weighted by atomic mass is 35.5. The molecule has 0 fully saturated rings. The smallest absolute Gasteiger partial charge is 0.335 e. The van der Waals surface area contributed by atoms with Crippen LogP contribution in [0.1, 0.15) is 30.5 Å². The molecule has 1 amide bonds. The molecule has 1 aliphatic heterocycles. The third kappa shape index (κ3) is 3.78. The number of aromatic amines is 1. The summed E-state index contributed by atoms with van der Waals surface area (Å²) in [5.41, 5.74) is -0.517. The number of rotatable bonds is 4. The minimum absolute atomic E-state index is 0.168. The van der Waals surface area contributed by atoms with E-state index in [9.17, 15) is 19.5 Å². The van der Waals surface area contributed by atoms with Crippen LogP contribution in [0.5, 0.6) is 11.6 Å². The van der Waals surface area contributed by atoms with E-state index in [1.54, 1.807) is 43.5 Å². The predicted molar refractivity (Wildman–Crippen MR) is 119 cm³/mol. The van der Waals surface area contributed by atoms with Gasteiger partial charge in [0.2, 0.25) is 11.8 Å². The molecule has 0 bridgehead atoms. The molecule has 0 saturated carbocycles. The van der Waals surface area contributed by atoms with Crippen molar-refractivity contribution in [2.75, 3.05) is 7.11 Å². The number of H-pyrrole nitrogens is 1. The lowest BCUT2D eigenvalue weighted by atomic mass is 9.99. The zero-order valence-corrected chi connectivity index (χ0v) is 18.0. The lowest BCUT2D eigenvalue weighted by molar-refractivity contribution is -0.130. The number of aromatic nitrogens is 2. The van der Waals surface area contributed by atoms with E-state index >= 15 is 0 Å². The van der Waals surface area contributed by atoms with E-state index in [1.807, 2.05) is 0 Å². The zero-order chi connectivity index (χ0) is 23.0. The van der Waals surface area contributed by atoms with Crippen LogP contribution >= 0.6 is 11.6 Å². The maximum Gasteiger partial charge on any atom is 0.335 e. The Morgan fingerprint density at radius 3 is 2.41 bits per heavy atom. The number of amides is 1. The Labute approximate surface area is 187 Å². The van der Waals surface area contributed by atoms with Crippen LogP contribution in [0.25, 0.3) is 5.69 Å². The largest absolute Gasteiger partial charge is 0.497 e. The van der Waals surface area contributed by atoms with Gasteiger partial charge in [0, 0.05) is 18.4 Å². The van der Waals surface area contributed by atoms with Crippen LogP contribution in [-0.4, -0.2) is 38.4 Å². The molecule has 1 unspecified atom stereocenters. The molecule has 1 aliphatic rings. The molecule has 0 radical (unpaired) electrons. The first-order valence-electron chi connectivity index (χ1n) is 9.66. The predicted octanol–water partition coefficient (Wildman–Crippen LogP) is 2.59. The molecule has 164 valence electrons. The summed E-state index contributed by atoms with van der Waals surface area (Å²) in [7, 11) is 1.55. The molecule has 3 aromatic rings. The second kappa shape index (κ2) is 8.35. The van der Waals surface area contributed by atoms with Crippen molar-refractivity contribution in [2.45, 2.75) is 19.4 Å². The van der Waals surface area contributed by atoms with E-state index in [-0.39, 0.29) is 23.6 Å². The quantitative estimate of drug-likeness (QED) is 0.628. The number of aromatic hydroxyl groups is 1. The van der Waals surface area contributed by atoms with Gasteiger partial charge in [-0.3, -0.25) is 14.6 Å². The summed E-state index contributed by atoms with van der Waals surface area (Å²) in [6.07, 6.45) is 0.168. The van der Waals surface area contributed by atoms with E-state index < -0.39 is 23.2 Å². The number of halogens is 1. The highest BCUT2D eigenvalue weighted by Crippen LogP contribution is 2.34. The molecule has 1 aromatic heterocycles. The fourth-order valence-corrected chi connectivity index (χ4v) is 3.78. The Bertz CT molecular complexity index is 1330. The van der Waals surface area contributed by atoms with E-state index in [0.29, 0.717) is 16.5 Å². The first-order chi connectivity index (χ1) is 15.3. The van der Waals surface area contributed by atoms with Gasteiger partial charge >= 0.3 is 5.69 Å². The number of hydrazone groups is 1. The van der Waals surface area contributed by atoms with Crippen molar-refractivity contribution >= 4 is 23.2 Å². The molecule has 2 aromatic carbocycles. The van der Waals surface area contributed by atoms with E-state index in [0.717, 1.165) is 10.1 Å². The molecule has 0 spiro atoms. The molecule has 9 nitrogen and oxygen atoms in total. The van der Waals surface area contributed by atoms with Crippen molar-refractivity contribution in [2.24, 2.45) is 5.10 Å². The molecular weight excluding hydrogens is 436 g/mol. The third-order valence-electron chi connectivity index (χ3n) is 5.19. The Kier molecular flexibility index (Phi) is 5.58. The molecule has 2 N–H and O–H groups in total. The second-order valence-electron chi connectivity index (χ2n) is 7.17. The minimum atomic E-state index is -0.813. The van der Waals surface area contributed by atoms with Crippen molar-refractivity contribution in [3.05, 3.63) is 85.5 Å². The first-order valence-corrected chi connectivity index (χ1v) is 10.0. The molecule has 4 rings (SSSR count). The second-order valence-corrected chi connectivity index (χ2v) is 7.61. The summed E-state index contributed by atoms with van der Waals surface area (Å²) in [6, 6.07) is 12.8. The van der Waals surface area contributed by atoms with Gasteiger partial charge in [0.1, 0.15) is 11.3 Å². The number of hydrogen-bond acceptors (Lipinski definition) is 6. The number of carbonyl (C=O) groups is 1. The summed E-state index contributed by atoms with van der Waals surface area (Å²) >= 11 is 5.91. The van der Waals surface area contributed by atoms with Gasteiger partial charge in [-0.2, -0.15) is 5.10 Å². The summed E-state index contributed by atoms with van der Waals surface area (Å²) in [6.45, 7) is 1.36. The van der Waals surface area contributed by atoms with Gasteiger partial charge in [0.25, 0.3) is 5.56 Å². The zero-order valence-electron chi connectivity index (χ0n) is 17.2. The molecular formula is C22H19ClN4O5. The average Bonchev–Trinajstić information content (AvgIpc) is 3.20. The molecule has 32 heavy (non-hydrogen) atoms. The van der Waals surface area contributed by atoms with E-state index in [4.69, 9.17) is 16.3 Å². The van der Waals surface area contributed by atoms with Crippen LogP contribution in [-0.2, 0) is 4.79 Å². The van der Waals surface area contributed by atoms with Gasteiger partial charge in [-0.1, -0.05) is 23.7 Å². The Hall–Kier alpha value is -3.85. The average molecular weight is 455 g/mol. The van der Waals surface area contributed by atoms with Gasteiger partial charge in [-0.15, -0.1) is 0 Å². The SMILES string of the molecule is COc1ccc(C2CC(c3c(O)n(-c4ccc(Cl)cc4)c(=O)[nH]c3=O)=NN2C(C)=O)cc1. The lowest BCUT2D eigenvalue weighted by Gasteiger charge is -2.20. The molecule has 2 heterocycles. The highest BCUT2D eigenvalue weighted by Gasteiger charge is 2.34. The normalized spacial score (nSPS) is 15.5. The summed E-state index contributed by atoms with van der Waals surface area (Å²) in [4.78, 5) is 39.5. The maximum atomic E-state index is 12.6. The third-order valence-corrected chi connectivity index (χ3v) is 5.44. The number of benzene rings is 2. The van der Waals surface area contributed by atoms with Gasteiger partial charge in [0.15, 0.2) is 0 Å². The standard InChI is InChI=1S/C22H19ClN4O5/c1-12(28)27-18(13-3-9-16(32-2)10-4-13)11-17(25-27)19-20(29)24-22(31)26(21(19)30)15-7-5-14(23)6-8-15/h3-10,18,30H,11H2,1-2H3,(H,24,29,31). The van der Waals surface area contributed by atoms with Crippen molar-refractivity contribution in [3.8, 4) is 17.3 Å². The number of methoxy groups -OCH3 is 1. The van der Waals surface area contributed by atoms with Crippen LogP contribution in [0.3, 0.4) is 0 Å². The molecule has 10 heteroatoms. The summed E-state index contributed by atoms with van der Waals surface area (Å²) in [5.74, 6) is -0.243. The van der Waals surface area contributed by atoms with Gasteiger partial charge in [-0.25, -0.2) is 14.4 Å². The monoisotopic (exact) mass is 454 g/mol. The van der Waals surface area contributed by atoms with Crippen LogP contribution in [0.4, 0.5) is 0 Å². The molecule has 1 atom stereocenters.